The molecule has 22 heavy (non-hydrogen) atoms. The van der Waals surface area contributed by atoms with Crippen molar-refractivity contribution in [1.29, 1.82) is 0 Å². The normalized spacial score (nSPS) is 11.1. The summed E-state index contributed by atoms with van der Waals surface area (Å²) in [5, 5.41) is 12.3. The summed E-state index contributed by atoms with van der Waals surface area (Å²) in [4.78, 5) is 11.1. The van der Waals surface area contributed by atoms with E-state index >= 15 is 0 Å². The molecule has 2 aromatic carbocycles. The minimum absolute atomic E-state index is 0.550. The first-order valence-electron chi connectivity index (χ1n) is 6.90. The van der Waals surface area contributed by atoms with Gasteiger partial charge in [-0.1, -0.05) is 43.3 Å². The lowest BCUT2D eigenvalue weighted by atomic mass is 10.1. The first kappa shape index (κ1) is 16.4. The van der Waals surface area contributed by atoms with Gasteiger partial charge in [0.1, 0.15) is 0 Å². The van der Waals surface area contributed by atoms with E-state index in [1.165, 1.54) is 11.6 Å². The Morgan fingerprint density at radius 1 is 1.14 bits per heavy atom. The molecule has 0 saturated heterocycles. The van der Waals surface area contributed by atoms with Gasteiger partial charge in [0, 0.05) is 6.08 Å². The van der Waals surface area contributed by atoms with Gasteiger partial charge in [-0.2, -0.15) is 0 Å². The summed E-state index contributed by atoms with van der Waals surface area (Å²) >= 11 is 2.05. The molecule has 2 rings (SSSR count). The topological polar surface area (TPSA) is 61.4 Å². The second kappa shape index (κ2) is 7.84. The van der Waals surface area contributed by atoms with Crippen molar-refractivity contribution in [2.75, 3.05) is 8.85 Å². The number of carboxylic acids is 1. The van der Waals surface area contributed by atoms with Crippen LogP contribution in [0.25, 0.3) is 5.70 Å². The molecule has 0 bridgehead atoms. The van der Waals surface area contributed by atoms with E-state index in [1.807, 2.05) is 71.4 Å². The van der Waals surface area contributed by atoms with Gasteiger partial charge in [0.15, 0.2) is 0 Å². The molecule has 0 amide bonds. The van der Waals surface area contributed by atoms with E-state index < -0.39 is 5.97 Å². The molecule has 0 heterocycles. The molecular weight excluding hydrogens is 391 g/mol. The molecule has 2 aromatic rings. The van der Waals surface area contributed by atoms with Crippen LogP contribution < -0.4 is 8.85 Å². The van der Waals surface area contributed by atoms with Crippen LogP contribution in [0, 0.1) is 0 Å². The highest BCUT2D eigenvalue weighted by Gasteiger charge is 2.07. The van der Waals surface area contributed by atoms with Gasteiger partial charge >= 0.3 is 5.97 Å². The van der Waals surface area contributed by atoms with Gasteiger partial charge in [-0.3, -0.25) is 0 Å². The highest BCUT2D eigenvalue weighted by Crippen LogP contribution is 2.27. The van der Waals surface area contributed by atoms with Crippen molar-refractivity contribution in [3.63, 3.8) is 0 Å². The van der Waals surface area contributed by atoms with Crippen LogP contribution in [0.5, 0.6) is 0 Å². The zero-order chi connectivity index (χ0) is 15.9. The van der Waals surface area contributed by atoms with Crippen molar-refractivity contribution in [3.05, 3.63) is 65.7 Å². The van der Waals surface area contributed by atoms with Crippen molar-refractivity contribution in [1.82, 2.24) is 0 Å². The monoisotopic (exact) mass is 408 g/mol. The number of anilines is 2. The Hall–Kier alpha value is -2.02. The molecule has 0 aliphatic rings. The Morgan fingerprint density at radius 2 is 1.77 bits per heavy atom. The molecule has 0 saturated carbocycles. The van der Waals surface area contributed by atoms with E-state index in [0.717, 1.165) is 23.4 Å². The number of hydrogen-bond acceptors (Lipinski definition) is 3. The van der Waals surface area contributed by atoms with Gasteiger partial charge in [0.05, 0.1) is 39.9 Å². The van der Waals surface area contributed by atoms with Gasteiger partial charge in [0.25, 0.3) is 0 Å². The Bertz CT molecular complexity index is 681. The fourth-order valence-corrected chi connectivity index (χ4v) is 2.53. The molecule has 0 atom stereocenters. The molecule has 4 nitrogen and oxygen atoms in total. The fourth-order valence-electron chi connectivity index (χ4n) is 2.05. The highest BCUT2D eigenvalue weighted by molar-refractivity contribution is 14.1. The number of hydrogen-bond donors (Lipinski definition) is 3. The maximum absolute atomic E-state index is 11.1. The lowest BCUT2D eigenvalue weighted by Gasteiger charge is -2.14. The Balaban J connectivity index is 2.36. The Labute approximate surface area is 143 Å². The molecule has 0 aliphatic heterocycles. The van der Waals surface area contributed by atoms with Crippen LogP contribution in [-0.4, -0.2) is 11.1 Å². The number of nitrogens with one attached hydrogen (secondary N) is 2. The lowest BCUT2D eigenvalue weighted by molar-refractivity contribution is -0.131. The summed E-state index contributed by atoms with van der Waals surface area (Å²) in [7, 11) is 0. The molecule has 0 aliphatic carbocycles. The SMILES string of the molecule is CCc1ccc(/C(=C\C(=O)O)Nc2ccccc2NI)cc1. The minimum atomic E-state index is -0.984. The van der Waals surface area contributed by atoms with Crippen molar-refractivity contribution in [2.45, 2.75) is 13.3 Å². The number of para-hydroxylation sites is 2. The molecule has 0 radical (unpaired) electrons. The molecule has 114 valence electrons. The summed E-state index contributed by atoms with van der Waals surface area (Å²) in [6.45, 7) is 2.09. The van der Waals surface area contributed by atoms with E-state index in [2.05, 4.69) is 15.8 Å². The zero-order valence-electron chi connectivity index (χ0n) is 12.1. The molecule has 0 spiro atoms. The second-order valence-corrected chi connectivity index (χ2v) is 5.25. The van der Waals surface area contributed by atoms with Crippen LogP contribution in [0.4, 0.5) is 11.4 Å². The van der Waals surface area contributed by atoms with Gasteiger partial charge in [0.2, 0.25) is 0 Å². The quantitative estimate of drug-likeness (QED) is 0.373. The van der Waals surface area contributed by atoms with Gasteiger partial charge in [-0.15, -0.1) is 0 Å². The zero-order valence-corrected chi connectivity index (χ0v) is 14.3. The molecule has 3 N–H and O–H groups in total. The maximum atomic E-state index is 11.1. The number of benzene rings is 2. The van der Waals surface area contributed by atoms with Crippen molar-refractivity contribution >= 4 is 45.9 Å². The molecular formula is C17H17IN2O2. The van der Waals surface area contributed by atoms with E-state index in [0.29, 0.717) is 5.70 Å². The van der Waals surface area contributed by atoms with Crippen LogP contribution in [-0.2, 0) is 11.2 Å². The summed E-state index contributed by atoms with van der Waals surface area (Å²) in [6.07, 6.45) is 2.14. The number of carboxylic acid groups (broad SMARTS) is 1. The molecule has 0 aromatic heterocycles. The number of aliphatic carboxylic acids is 1. The van der Waals surface area contributed by atoms with Crippen LogP contribution in [0.2, 0.25) is 0 Å². The van der Waals surface area contributed by atoms with Gasteiger partial charge < -0.3 is 14.0 Å². The maximum Gasteiger partial charge on any atom is 0.330 e. The van der Waals surface area contributed by atoms with E-state index in [1.54, 1.807) is 0 Å². The lowest BCUT2D eigenvalue weighted by Crippen LogP contribution is -2.04. The fraction of sp³-hybridized carbons (Fsp3) is 0.118. The molecule has 5 heteroatoms. The number of aryl methyl sites for hydroxylation is 1. The summed E-state index contributed by atoms with van der Waals surface area (Å²) in [6, 6.07) is 15.5. The average molecular weight is 408 g/mol. The first-order chi connectivity index (χ1) is 10.6. The second-order valence-electron chi connectivity index (χ2n) is 4.71. The molecule has 0 fully saturated rings. The Kier molecular flexibility index (Phi) is 5.83. The van der Waals surface area contributed by atoms with Crippen LogP contribution in [0.3, 0.4) is 0 Å². The summed E-state index contributed by atoms with van der Waals surface area (Å²) in [5.74, 6) is -0.984. The van der Waals surface area contributed by atoms with Crippen molar-refractivity contribution < 1.29 is 9.90 Å². The summed E-state index contributed by atoms with van der Waals surface area (Å²) < 4.78 is 3.06. The largest absolute Gasteiger partial charge is 0.478 e. The standard InChI is InChI=1S/C17H17IN2O2/c1-2-12-7-9-13(10-8-12)16(11-17(21)22)19-14-5-3-4-6-15(14)20-18/h3-11,19-20H,2H2,1H3,(H,21,22)/b16-11+. The van der Waals surface area contributed by atoms with E-state index in [-0.39, 0.29) is 0 Å². The predicted molar refractivity (Wildman–Crippen MR) is 99.1 cm³/mol. The average Bonchev–Trinajstić information content (AvgIpc) is 2.54. The molecule has 0 unspecified atom stereocenters. The van der Waals surface area contributed by atoms with Crippen molar-refractivity contribution in [3.8, 4) is 0 Å². The summed E-state index contributed by atoms with van der Waals surface area (Å²) in [5.41, 5.74) is 4.32. The third-order valence-electron chi connectivity index (χ3n) is 3.24. The van der Waals surface area contributed by atoms with E-state index in [9.17, 15) is 4.79 Å². The number of carbonyl (C=O) groups is 1. The Morgan fingerprint density at radius 3 is 2.32 bits per heavy atom. The third kappa shape index (κ3) is 4.24. The first-order valence-corrected chi connectivity index (χ1v) is 7.98. The van der Waals surface area contributed by atoms with Gasteiger partial charge in [-0.05, 0) is 29.7 Å². The van der Waals surface area contributed by atoms with Crippen molar-refractivity contribution in [2.24, 2.45) is 0 Å². The van der Waals surface area contributed by atoms with Crippen LogP contribution in [0.15, 0.2) is 54.6 Å². The number of halogens is 1. The number of rotatable bonds is 6. The van der Waals surface area contributed by atoms with E-state index in [4.69, 9.17) is 5.11 Å². The smallest absolute Gasteiger partial charge is 0.330 e. The third-order valence-corrected chi connectivity index (χ3v) is 3.82. The van der Waals surface area contributed by atoms with Crippen LogP contribution in [0.1, 0.15) is 18.1 Å². The predicted octanol–water partition coefficient (Wildman–Crippen LogP) is 4.55. The van der Waals surface area contributed by atoms with Crippen LogP contribution >= 0.6 is 22.9 Å². The van der Waals surface area contributed by atoms with Gasteiger partial charge in [-0.25, -0.2) is 4.79 Å². The highest BCUT2D eigenvalue weighted by atomic mass is 127. The minimum Gasteiger partial charge on any atom is -0.478 e.